The van der Waals surface area contributed by atoms with Crippen molar-refractivity contribution >= 4 is 13.1 Å². The van der Waals surface area contributed by atoms with Gasteiger partial charge in [0.25, 0.3) is 0 Å². The fourth-order valence-corrected chi connectivity index (χ4v) is 2.46. The molecule has 0 bridgehead atoms. The van der Waals surface area contributed by atoms with Crippen molar-refractivity contribution in [2.75, 3.05) is 26.1 Å². The van der Waals surface area contributed by atoms with E-state index >= 15 is 0 Å². The second-order valence-corrected chi connectivity index (χ2v) is 6.94. The van der Waals surface area contributed by atoms with Crippen molar-refractivity contribution in [3.63, 3.8) is 0 Å². The van der Waals surface area contributed by atoms with Crippen LogP contribution in [0.4, 0.5) is 17.7 Å². The average molecular weight is 309 g/mol. The van der Waals surface area contributed by atoms with E-state index in [1.807, 2.05) is 13.8 Å². The highest BCUT2D eigenvalue weighted by Crippen LogP contribution is 2.22. The highest BCUT2D eigenvalue weighted by Gasteiger charge is 2.37. The van der Waals surface area contributed by atoms with Gasteiger partial charge in [0.1, 0.15) is 5.60 Å². The summed E-state index contributed by atoms with van der Waals surface area (Å²) in [5, 5.41) is 0. The van der Waals surface area contributed by atoms with Gasteiger partial charge in [0.2, 0.25) is 0 Å². The number of hydrogen-bond acceptors (Lipinski definition) is 3. The third kappa shape index (κ3) is 6.15. The number of carbonyl (C=O) groups excluding carboxylic acids is 1. The van der Waals surface area contributed by atoms with Crippen molar-refractivity contribution in [1.82, 2.24) is 9.80 Å². The molecular formula is C13H25BF3N2O2-. The fourth-order valence-electron chi connectivity index (χ4n) is 2.46. The summed E-state index contributed by atoms with van der Waals surface area (Å²) >= 11 is 0. The van der Waals surface area contributed by atoms with E-state index in [4.69, 9.17) is 4.74 Å². The molecule has 1 atom stereocenters. The van der Waals surface area contributed by atoms with Gasteiger partial charge in [0, 0.05) is 25.7 Å². The summed E-state index contributed by atoms with van der Waals surface area (Å²) < 4.78 is 43.3. The number of halogens is 3. The van der Waals surface area contributed by atoms with Gasteiger partial charge in [-0.05, 0) is 33.1 Å². The van der Waals surface area contributed by atoms with Crippen molar-refractivity contribution in [3.8, 4) is 0 Å². The SMILES string of the molecule is CC(C)[C@@H]1CN(C(=O)OC(C)(C)C)CCN1C[B-](F)(F)F. The fraction of sp³-hybridized carbons (Fsp3) is 0.923. The van der Waals surface area contributed by atoms with Gasteiger partial charge in [0.05, 0.1) is 0 Å². The van der Waals surface area contributed by atoms with Crippen LogP contribution in [0.2, 0.25) is 0 Å². The van der Waals surface area contributed by atoms with Crippen molar-refractivity contribution in [2.45, 2.75) is 46.3 Å². The number of amides is 1. The molecule has 21 heavy (non-hydrogen) atoms. The van der Waals surface area contributed by atoms with E-state index in [0.29, 0.717) is 0 Å². The van der Waals surface area contributed by atoms with Gasteiger partial charge < -0.3 is 27.5 Å². The molecule has 0 aliphatic carbocycles. The first-order valence-electron chi connectivity index (χ1n) is 7.32. The summed E-state index contributed by atoms with van der Waals surface area (Å²) in [6.45, 7) is 4.98. The molecule has 0 saturated carbocycles. The van der Waals surface area contributed by atoms with Crippen molar-refractivity contribution in [1.29, 1.82) is 0 Å². The van der Waals surface area contributed by atoms with Crippen LogP contribution in [0.1, 0.15) is 34.6 Å². The number of carbonyl (C=O) groups is 1. The maximum absolute atomic E-state index is 12.7. The van der Waals surface area contributed by atoms with Crippen molar-refractivity contribution < 1.29 is 22.5 Å². The second-order valence-electron chi connectivity index (χ2n) is 6.94. The Labute approximate surface area is 124 Å². The Bertz CT molecular complexity index is 369. The number of rotatable bonds is 3. The van der Waals surface area contributed by atoms with Crippen LogP contribution < -0.4 is 0 Å². The maximum atomic E-state index is 12.7. The van der Waals surface area contributed by atoms with Gasteiger partial charge in [-0.15, -0.1) is 0 Å². The van der Waals surface area contributed by atoms with Crippen LogP contribution >= 0.6 is 0 Å². The van der Waals surface area contributed by atoms with Crippen LogP contribution in [0.3, 0.4) is 0 Å². The molecule has 0 aromatic carbocycles. The van der Waals surface area contributed by atoms with Gasteiger partial charge in [-0.25, -0.2) is 4.79 Å². The molecule has 1 aliphatic heterocycles. The molecule has 8 heteroatoms. The Hall–Kier alpha value is -0.915. The zero-order valence-electron chi connectivity index (χ0n) is 13.4. The van der Waals surface area contributed by atoms with Gasteiger partial charge in [-0.1, -0.05) is 13.8 Å². The summed E-state index contributed by atoms with van der Waals surface area (Å²) in [5.74, 6) is 0.0355. The molecule has 4 nitrogen and oxygen atoms in total. The van der Waals surface area contributed by atoms with E-state index in [-0.39, 0.29) is 31.6 Å². The molecule has 0 radical (unpaired) electrons. The van der Waals surface area contributed by atoms with Crippen LogP contribution in [0.5, 0.6) is 0 Å². The van der Waals surface area contributed by atoms with E-state index in [0.717, 1.165) is 0 Å². The zero-order chi connectivity index (χ0) is 16.4. The van der Waals surface area contributed by atoms with Crippen LogP contribution in [0.25, 0.3) is 0 Å². The molecule has 1 saturated heterocycles. The van der Waals surface area contributed by atoms with Crippen LogP contribution in [0.15, 0.2) is 0 Å². The van der Waals surface area contributed by atoms with Crippen LogP contribution in [-0.4, -0.2) is 60.6 Å². The predicted molar refractivity (Wildman–Crippen MR) is 77.1 cm³/mol. The molecule has 0 N–H and O–H groups in total. The molecular weight excluding hydrogens is 284 g/mol. The van der Waals surface area contributed by atoms with E-state index in [1.54, 1.807) is 20.8 Å². The van der Waals surface area contributed by atoms with E-state index in [2.05, 4.69) is 0 Å². The molecule has 1 rings (SSSR count). The highest BCUT2D eigenvalue weighted by molar-refractivity contribution is 6.58. The molecule has 1 heterocycles. The lowest BCUT2D eigenvalue weighted by atomic mass is 9.88. The Morgan fingerprint density at radius 2 is 1.86 bits per heavy atom. The second kappa shape index (κ2) is 6.46. The summed E-state index contributed by atoms with van der Waals surface area (Å²) in [4.78, 5) is 15.0. The lowest BCUT2D eigenvalue weighted by Gasteiger charge is -2.45. The number of hydrogen-bond donors (Lipinski definition) is 0. The smallest absolute Gasteiger partial charge is 0.448 e. The minimum Gasteiger partial charge on any atom is -0.448 e. The molecule has 1 aliphatic rings. The lowest BCUT2D eigenvalue weighted by Crippen LogP contribution is -2.59. The van der Waals surface area contributed by atoms with Gasteiger partial charge in [-0.2, -0.15) is 0 Å². The van der Waals surface area contributed by atoms with E-state index in [9.17, 15) is 17.7 Å². The first kappa shape index (κ1) is 18.1. The monoisotopic (exact) mass is 309 g/mol. The standard InChI is InChI=1S/C13H25BF3N2O2/c1-10(2)11-8-18(12(20)21-13(3,4)5)6-7-19(11)9-14(15,16)17/h10-11H,6-9H2,1-5H3/q-1/t11-/m0/s1. The van der Waals surface area contributed by atoms with Crippen molar-refractivity contribution in [3.05, 3.63) is 0 Å². The largest absolute Gasteiger partial charge is 0.492 e. The van der Waals surface area contributed by atoms with Crippen molar-refractivity contribution in [2.24, 2.45) is 5.92 Å². The third-order valence-electron chi connectivity index (χ3n) is 3.40. The maximum Gasteiger partial charge on any atom is 0.492 e. The molecule has 1 amide bonds. The Balaban J connectivity index is 2.71. The molecule has 1 fully saturated rings. The van der Waals surface area contributed by atoms with Crippen LogP contribution in [-0.2, 0) is 4.74 Å². The first-order chi connectivity index (χ1) is 9.39. The molecule has 124 valence electrons. The minimum absolute atomic E-state index is 0.0355. The molecule has 0 unspecified atom stereocenters. The van der Waals surface area contributed by atoms with Gasteiger partial charge in [0.15, 0.2) is 0 Å². The lowest BCUT2D eigenvalue weighted by molar-refractivity contribution is -0.000323. The third-order valence-corrected chi connectivity index (χ3v) is 3.40. The summed E-state index contributed by atoms with van der Waals surface area (Å²) in [6.07, 6.45) is -1.32. The van der Waals surface area contributed by atoms with Crippen LogP contribution in [0, 0.1) is 5.92 Å². The summed E-state index contributed by atoms with van der Waals surface area (Å²) in [6, 6.07) is -0.297. The van der Waals surface area contributed by atoms with Gasteiger partial charge >= 0.3 is 13.1 Å². The minimum atomic E-state index is -4.85. The molecule has 0 aromatic rings. The average Bonchev–Trinajstić information content (AvgIpc) is 2.24. The van der Waals surface area contributed by atoms with E-state index in [1.165, 1.54) is 9.80 Å². The molecule has 0 aromatic heterocycles. The number of piperazine rings is 1. The summed E-state index contributed by atoms with van der Waals surface area (Å²) in [5.41, 5.74) is -0.601. The summed E-state index contributed by atoms with van der Waals surface area (Å²) in [7, 11) is 0. The van der Waals surface area contributed by atoms with E-state index < -0.39 is 25.1 Å². The number of nitrogens with zero attached hydrogens (tertiary/aromatic N) is 2. The molecule has 0 spiro atoms. The Kier molecular flexibility index (Phi) is 5.58. The number of ether oxygens (including phenoxy) is 1. The van der Waals surface area contributed by atoms with Gasteiger partial charge in [-0.3, -0.25) is 0 Å². The normalized spacial score (nSPS) is 21.8. The quantitative estimate of drug-likeness (QED) is 0.752. The Morgan fingerprint density at radius 3 is 2.29 bits per heavy atom. The highest BCUT2D eigenvalue weighted by atomic mass is 19.4. The topological polar surface area (TPSA) is 32.8 Å². The predicted octanol–water partition coefficient (Wildman–Crippen LogP) is 2.95. The zero-order valence-corrected chi connectivity index (χ0v) is 13.4. The first-order valence-corrected chi connectivity index (χ1v) is 7.32. The Morgan fingerprint density at radius 1 is 1.29 bits per heavy atom.